The zero-order valence-corrected chi connectivity index (χ0v) is 12.9. The van der Waals surface area contributed by atoms with E-state index in [9.17, 15) is 19.3 Å². The van der Waals surface area contributed by atoms with Crippen LogP contribution in [0, 0.1) is 15.9 Å². The predicted octanol–water partition coefficient (Wildman–Crippen LogP) is 3.00. The lowest BCUT2D eigenvalue weighted by Gasteiger charge is -2.14. The summed E-state index contributed by atoms with van der Waals surface area (Å²) in [7, 11) is 0. The molecular formula is C16H10FN3O3S. The van der Waals surface area contributed by atoms with Crippen LogP contribution in [-0.4, -0.2) is 15.9 Å². The number of nitro groups is 1. The van der Waals surface area contributed by atoms with Crippen LogP contribution in [0.25, 0.3) is 6.08 Å². The van der Waals surface area contributed by atoms with Gasteiger partial charge in [0.2, 0.25) is 0 Å². The Morgan fingerprint density at radius 3 is 2.54 bits per heavy atom. The van der Waals surface area contributed by atoms with E-state index in [4.69, 9.17) is 12.2 Å². The second-order valence-corrected chi connectivity index (χ2v) is 5.28. The van der Waals surface area contributed by atoms with Crippen LogP contribution in [-0.2, 0) is 4.79 Å². The van der Waals surface area contributed by atoms with Gasteiger partial charge in [-0.1, -0.05) is 24.3 Å². The number of benzene rings is 2. The zero-order chi connectivity index (χ0) is 17.3. The highest BCUT2D eigenvalue weighted by atomic mass is 32.1. The van der Waals surface area contributed by atoms with Gasteiger partial charge < -0.3 is 5.32 Å². The molecule has 1 saturated heterocycles. The van der Waals surface area contributed by atoms with Crippen LogP contribution < -0.4 is 10.2 Å². The quantitative estimate of drug-likeness (QED) is 0.401. The van der Waals surface area contributed by atoms with Crippen molar-refractivity contribution in [2.45, 2.75) is 0 Å². The molecule has 1 N–H and O–H groups in total. The number of hydrogen-bond acceptors (Lipinski definition) is 4. The van der Waals surface area contributed by atoms with Gasteiger partial charge in [0.05, 0.1) is 16.2 Å². The first kappa shape index (κ1) is 15.8. The van der Waals surface area contributed by atoms with Gasteiger partial charge in [0.25, 0.3) is 11.6 Å². The Morgan fingerprint density at radius 2 is 1.83 bits per heavy atom. The number of carbonyl (C=O) groups is 1. The molecular weight excluding hydrogens is 333 g/mol. The van der Waals surface area contributed by atoms with E-state index in [0.717, 1.165) is 4.90 Å². The second-order valence-electron chi connectivity index (χ2n) is 4.90. The van der Waals surface area contributed by atoms with Crippen LogP contribution in [0.2, 0.25) is 0 Å². The number of nitrogens with zero attached hydrogens (tertiary/aromatic N) is 2. The van der Waals surface area contributed by atoms with Crippen molar-refractivity contribution in [1.82, 2.24) is 5.32 Å². The Kier molecular flexibility index (Phi) is 4.05. The fourth-order valence-corrected chi connectivity index (χ4v) is 2.61. The lowest BCUT2D eigenvalue weighted by atomic mass is 10.1. The van der Waals surface area contributed by atoms with E-state index in [1.807, 2.05) is 0 Å². The molecule has 1 fully saturated rings. The first-order valence-electron chi connectivity index (χ1n) is 6.84. The molecule has 8 heteroatoms. The monoisotopic (exact) mass is 343 g/mol. The summed E-state index contributed by atoms with van der Waals surface area (Å²) in [6, 6.07) is 11.7. The molecule has 2 aromatic carbocycles. The number of halogens is 1. The van der Waals surface area contributed by atoms with Gasteiger partial charge in [0, 0.05) is 6.07 Å². The second kappa shape index (κ2) is 6.17. The summed E-state index contributed by atoms with van der Waals surface area (Å²) >= 11 is 5.09. The molecule has 0 bridgehead atoms. The van der Waals surface area contributed by atoms with Gasteiger partial charge in [0.1, 0.15) is 11.5 Å². The van der Waals surface area contributed by atoms with Gasteiger partial charge in [-0.05, 0) is 36.5 Å². The van der Waals surface area contributed by atoms with E-state index in [1.165, 1.54) is 42.5 Å². The summed E-state index contributed by atoms with van der Waals surface area (Å²) < 4.78 is 13.9. The van der Waals surface area contributed by atoms with Crippen molar-refractivity contribution in [3.63, 3.8) is 0 Å². The average Bonchev–Trinajstić information content (AvgIpc) is 2.82. The molecule has 0 unspecified atom stereocenters. The maximum Gasteiger partial charge on any atom is 0.281 e. The minimum atomic E-state index is -0.595. The predicted molar refractivity (Wildman–Crippen MR) is 90.7 cm³/mol. The van der Waals surface area contributed by atoms with Crippen LogP contribution in [0.1, 0.15) is 5.56 Å². The zero-order valence-electron chi connectivity index (χ0n) is 12.1. The van der Waals surface area contributed by atoms with Crippen molar-refractivity contribution in [3.8, 4) is 0 Å². The van der Waals surface area contributed by atoms with Crippen molar-refractivity contribution in [2.75, 3.05) is 4.90 Å². The molecule has 1 heterocycles. The summed E-state index contributed by atoms with van der Waals surface area (Å²) in [6.45, 7) is 0. The van der Waals surface area contributed by atoms with Gasteiger partial charge in [-0.15, -0.1) is 0 Å². The van der Waals surface area contributed by atoms with Gasteiger partial charge >= 0.3 is 0 Å². The highest BCUT2D eigenvalue weighted by Crippen LogP contribution is 2.26. The van der Waals surface area contributed by atoms with E-state index in [1.54, 1.807) is 12.1 Å². The van der Waals surface area contributed by atoms with Crippen LogP contribution in [0.15, 0.2) is 54.2 Å². The van der Waals surface area contributed by atoms with Crippen molar-refractivity contribution in [1.29, 1.82) is 0 Å². The van der Waals surface area contributed by atoms with E-state index in [-0.39, 0.29) is 27.7 Å². The third-order valence-corrected chi connectivity index (χ3v) is 3.69. The molecule has 6 nitrogen and oxygen atoms in total. The van der Waals surface area contributed by atoms with Crippen LogP contribution in [0.5, 0.6) is 0 Å². The lowest BCUT2D eigenvalue weighted by molar-refractivity contribution is -0.385. The maximum absolute atomic E-state index is 13.9. The molecule has 1 amide bonds. The molecule has 1 aliphatic rings. The lowest BCUT2D eigenvalue weighted by Crippen LogP contribution is -2.31. The largest absolute Gasteiger partial charge is 0.327 e. The fourth-order valence-electron chi connectivity index (χ4n) is 2.32. The molecule has 0 atom stereocenters. The van der Waals surface area contributed by atoms with Gasteiger partial charge in [-0.3, -0.25) is 14.9 Å². The number of thiocarbonyl (C=S) groups is 1. The Balaban J connectivity index is 2.01. The van der Waals surface area contributed by atoms with E-state index >= 15 is 0 Å². The minimum absolute atomic E-state index is 0.00920. The number of anilines is 1. The summed E-state index contributed by atoms with van der Waals surface area (Å²) in [6.07, 6.45) is 1.33. The molecule has 120 valence electrons. The third-order valence-electron chi connectivity index (χ3n) is 3.40. The number of nitrogens with one attached hydrogen (secondary N) is 1. The summed E-state index contributed by atoms with van der Waals surface area (Å²) in [5, 5.41) is 13.7. The third kappa shape index (κ3) is 2.74. The Morgan fingerprint density at radius 1 is 1.17 bits per heavy atom. The number of carbonyl (C=O) groups excluding carboxylic acids is 1. The molecule has 1 aliphatic heterocycles. The summed E-state index contributed by atoms with van der Waals surface area (Å²) in [5.41, 5.74) is 0.162. The maximum atomic E-state index is 13.9. The smallest absolute Gasteiger partial charge is 0.281 e. The van der Waals surface area contributed by atoms with Gasteiger partial charge in [-0.25, -0.2) is 9.29 Å². The minimum Gasteiger partial charge on any atom is -0.327 e. The number of para-hydroxylation sites is 2. The first-order valence-corrected chi connectivity index (χ1v) is 7.25. The summed E-state index contributed by atoms with van der Waals surface area (Å²) in [4.78, 5) is 24.1. The molecule has 0 saturated carbocycles. The van der Waals surface area contributed by atoms with Crippen LogP contribution in [0.3, 0.4) is 0 Å². The highest BCUT2D eigenvalue weighted by Gasteiger charge is 2.33. The normalized spacial score (nSPS) is 15.7. The van der Waals surface area contributed by atoms with Crippen molar-refractivity contribution >= 4 is 40.7 Å². The number of hydrogen-bond donors (Lipinski definition) is 1. The SMILES string of the molecule is O=C1/C(=C/c2ccccc2[N+](=O)[O-])NC(=S)N1c1ccccc1F. The van der Waals surface area contributed by atoms with Crippen LogP contribution in [0.4, 0.5) is 15.8 Å². The van der Waals surface area contributed by atoms with E-state index in [0.29, 0.717) is 0 Å². The van der Waals surface area contributed by atoms with Crippen LogP contribution >= 0.6 is 12.2 Å². The standard InChI is InChI=1S/C16H10FN3O3S/c17-11-6-2-4-8-14(11)19-15(21)12(18-16(19)24)9-10-5-1-3-7-13(10)20(22)23/h1-9H,(H,18,24)/b12-9-. The average molecular weight is 343 g/mol. The number of nitro benzene ring substituents is 1. The van der Waals surface area contributed by atoms with Gasteiger partial charge in [0.15, 0.2) is 5.11 Å². The Labute approximate surface area is 141 Å². The molecule has 2 aromatic rings. The highest BCUT2D eigenvalue weighted by molar-refractivity contribution is 7.80. The van der Waals surface area contributed by atoms with Crippen molar-refractivity contribution < 1.29 is 14.1 Å². The van der Waals surface area contributed by atoms with E-state index in [2.05, 4.69) is 5.32 Å². The molecule has 24 heavy (non-hydrogen) atoms. The van der Waals surface area contributed by atoms with Gasteiger partial charge in [-0.2, -0.15) is 0 Å². The topological polar surface area (TPSA) is 75.5 Å². The molecule has 0 radical (unpaired) electrons. The first-order chi connectivity index (χ1) is 11.5. The molecule has 3 rings (SSSR count). The fraction of sp³-hybridized carbons (Fsp3) is 0. The summed E-state index contributed by atoms with van der Waals surface area (Å²) in [5.74, 6) is -1.18. The molecule has 0 spiro atoms. The Hall–Kier alpha value is -3.13. The van der Waals surface area contributed by atoms with Crippen molar-refractivity contribution in [3.05, 3.63) is 75.7 Å². The Bertz CT molecular complexity index is 898. The number of amides is 1. The molecule has 0 aromatic heterocycles. The van der Waals surface area contributed by atoms with Crippen molar-refractivity contribution in [2.24, 2.45) is 0 Å². The molecule has 0 aliphatic carbocycles. The number of rotatable bonds is 3. The van der Waals surface area contributed by atoms with E-state index < -0.39 is 16.6 Å².